The number of amides is 1. The lowest BCUT2D eigenvalue weighted by Gasteiger charge is -2.46. The summed E-state index contributed by atoms with van der Waals surface area (Å²) in [5, 5.41) is 88.6. The number of ether oxygens (including phenoxy) is 6. The first-order valence-corrected chi connectivity index (χ1v) is 17.3. The molecular formula is C30H55N7O15. The van der Waals surface area contributed by atoms with E-state index in [1.807, 2.05) is 0 Å². The zero-order valence-electron chi connectivity index (χ0n) is 28.4. The zero-order chi connectivity index (χ0) is 38.1. The summed E-state index contributed by atoms with van der Waals surface area (Å²) in [5.41, 5.74) is 28.5. The van der Waals surface area contributed by atoms with Crippen LogP contribution in [0.15, 0.2) is 12.2 Å². The van der Waals surface area contributed by atoms with Crippen molar-refractivity contribution in [2.24, 2.45) is 28.7 Å². The first kappa shape index (κ1) is 41.6. The highest BCUT2D eigenvalue weighted by atomic mass is 16.8. The molecule has 3 aliphatic heterocycles. The molecule has 5 rings (SSSR count). The van der Waals surface area contributed by atoms with Crippen molar-refractivity contribution in [3.8, 4) is 0 Å². The van der Waals surface area contributed by atoms with E-state index in [4.69, 9.17) is 62.2 Å². The Balaban J connectivity index is 1.33. The van der Waals surface area contributed by atoms with Crippen LogP contribution in [-0.4, -0.2) is 201 Å². The molecule has 22 heteroatoms. The summed E-state index contributed by atoms with van der Waals surface area (Å²) in [6.07, 6.45) is -15.0. The van der Waals surface area contributed by atoms with E-state index in [1.54, 1.807) is 12.2 Å². The van der Waals surface area contributed by atoms with Gasteiger partial charge in [-0.25, -0.2) is 0 Å². The second-order valence-electron chi connectivity index (χ2n) is 14.1. The van der Waals surface area contributed by atoms with Crippen LogP contribution >= 0.6 is 0 Å². The van der Waals surface area contributed by atoms with Crippen molar-refractivity contribution in [3.63, 3.8) is 0 Å². The van der Waals surface area contributed by atoms with E-state index in [2.05, 4.69) is 10.6 Å². The summed E-state index contributed by atoms with van der Waals surface area (Å²) < 4.78 is 35.7. The number of carbonyl (C=O) groups excluding carboxylic acids is 1. The van der Waals surface area contributed by atoms with Crippen molar-refractivity contribution < 1.29 is 74.1 Å². The molecule has 1 amide bonds. The maximum atomic E-state index is 12.9. The molecule has 20 N–H and O–H groups in total. The van der Waals surface area contributed by atoms with Gasteiger partial charge in [-0.1, -0.05) is 12.2 Å². The molecule has 20 atom stereocenters. The molecule has 0 bridgehead atoms. The van der Waals surface area contributed by atoms with E-state index in [1.165, 1.54) is 0 Å². The first-order chi connectivity index (χ1) is 24.6. The summed E-state index contributed by atoms with van der Waals surface area (Å²) in [5.74, 6) is -0.823. The van der Waals surface area contributed by atoms with Crippen LogP contribution in [0.3, 0.4) is 0 Å². The van der Waals surface area contributed by atoms with Crippen molar-refractivity contribution >= 4 is 5.91 Å². The van der Waals surface area contributed by atoms with Crippen molar-refractivity contribution in [2.45, 2.75) is 135 Å². The molecule has 0 aromatic heterocycles. The lowest BCUT2D eigenvalue weighted by Crippen LogP contribution is -2.67. The maximum absolute atomic E-state index is 12.9. The Morgan fingerprint density at radius 1 is 0.865 bits per heavy atom. The van der Waals surface area contributed by atoms with Crippen LogP contribution in [0.5, 0.6) is 0 Å². The fourth-order valence-corrected chi connectivity index (χ4v) is 6.76. The molecule has 5 aliphatic rings. The molecule has 52 heavy (non-hydrogen) atoms. The average molecular weight is 754 g/mol. The molecule has 2 saturated carbocycles. The minimum atomic E-state index is -1.82. The Morgan fingerprint density at radius 2 is 1.52 bits per heavy atom. The molecule has 0 radical (unpaired) electrons. The third kappa shape index (κ3) is 8.93. The number of aliphatic hydroxyl groups excluding tert-OH is 7. The minimum Gasteiger partial charge on any atom is -0.394 e. The topological polar surface area (TPSA) is 388 Å². The Kier molecular flexibility index (Phi) is 14.0. The van der Waals surface area contributed by atoms with E-state index < -0.39 is 141 Å². The lowest BCUT2D eigenvalue weighted by atomic mass is 9.83. The van der Waals surface area contributed by atoms with Crippen molar-refractivity contribution in [1.29, 1.82) is 0 Å². The Morgan fingerprint density at radius 3 is 2.15 bits per heavy atom. The van der Waals surface area contributed by atoms with Crippen LogP contribution in [0, 0.1) is 0 Å². The molecule has 3 unspecified atom stereocenters. The van der Waals surface area contributed by atoms with Gasteiger partial charge in [0.1, 0.15) is 54.9 Å². The standard InChI is InChI=1S/C30H55N7O15/c31-5-15-20(42)21(43)18(35)27(48-15)51-24-16(9-39)49-28(22(24)44)52-25-19(41)14(37-29(45)30(46)4-17(30)34)3-13(33)23(25)50-26-12(32)2-1-11(47-26)7-36-6-10(40)8-38/h1-2,10-28,36,38-44,46H,3-9,31-35H2,(H,37,45)/t10?,11-,12+,13-,14+,15-,16+,17?,18+,19-,20+,21+,22+,23+,24+,25+,26+,27+,28-,30?/m0/s1. The van der Waals surface area contributed by atoms with Gasteiger partial charge >= 0.3 is 0 Å². The molecule has 300 valence electrons. The Bertz CT molecular complexity index is 1210. The summed E-state index contributed by atoms with van der Waals surface area (Å²) in [6.45, 7) is -1.03. The smallest absolute Gasteiger partial charge is 0.253 e. The van der Waals surface area contributed by atoms with Gasteiger partial charge in [-0.2, -0.15) is 0 Å². The van der Waals surface area contributed by atoms with Gasteiger partial charge in [0.15, 0.2) is 24.5 Å². The summed E-state index contributed by atoms with van der Waals surface area (Å²) in [7, 11) is 0. The summed E-state index contributed by atoms with van der Waals surface area (Å²) in [4.78, 5) is 12.9. The maximum Gasteiger partial charge on any atom is 0.253 e. The quantitative estimate of drug-likeness (QED) is 0.0690. The van der Waals surface area contributed by atoms with Gasteiger partial charge in [-0.05, 0) is 6.42 Å². The van der Waals surface area contributed by atoms with Crippen LogP contribution in [0.1, 0.15) is 12.8 Å². The van der Waals surface area contributed by atoms with Crippen LogP contribution in [0.25, 0.3) is 0 Å². The van der Waals surface area contributed by atoms with Crippen LogP contribution in [0.2, 0.25) is 0 Å². The van der Waals surface area contributed by atoms with Crippen LogP contribution < -0.4 is 39.3 Å². The molecule has 3 heterocycles. The van der Waals surface area contributed by atoms with Gasteiger partial charge in [-0.15, -0.1) is 0 Å². The fourth-order valence-electron chi connectivity index (χ4n) is 6.76. The highest BCUT2D eigenvalue weighted by Crippen LogP contribution is 2.37. The third-order valence-electron chi connectivity index (χ3n) is 10.1. The highest BCUT2D eigenvalue weighted by Gasteiger charge is 2.59. The molecule has 2 aliphatic carbocycles. The van der Waals surface area contributed by atoms with E-state index >= 15 is 0 Å². The highest BCUT2D eigenvalue weighted by molar-refractivity contribution is 5.89. The predicted octanol–water partition coefficient (Wildman–Crippen LogP) is -9.46. The fraction of sp³-hybridized carbons (Fsp3) is 0.900. The number of hydrogen-bond acceptors (Lipinski definition) is 21. The van der Waals surface area contributed by atoms with Gasteiger partial charge in [0.2, 0.25) is 0 Å². The van der Waals surface area contributed by atoms with E-state index in [-0.39, 0.29) is 32.5 Å². The largest absolute Gasteiger partial charge is 0.394 e. The number of rotatable bonds is 15. The molecule has 22 nitrogen and oxygen atoms in total. The predicted molar refractivity (Wildman–Crippen MR) is 174 cm³/mol. The number of hydrogen-bond donors (Lipinski definition) is 15. The van der Waals surface area contributed by atoms with Crippen LogP contribution in [0.4, 0.5) is 0 Å². The zero-order valence-corrected chi connectivity index (χ0v) is 28.4. The summed E-state index contributed by atoms with van der Waals surface area (Å²) >= 11 is 0. The lowest BCUT2D eigenvalue weighted by molar-refractivity contribution is -0.284. The Labute approximate surface area is 299 Å². The number of nitrogens with one attached hydrogen (secondary N) is 2. The monoisotopic (exact) mass is 753 g/mol. The van der Waals surface area contributed by atoms with Crippen molar-refractivity contribution in [3.05, 3.63) is 12.2 Å². The normalized spacial score (nSPS) is 48.4. The third-order valence-corrected chi connectivity index (χ3v) is 10.1. The van der Waals surface area contributed by atoms with Gasteiger partial charge in [0.05, 0.1) is 43.5 Å². The van der Waals surface area contributed by atoms with E-state index in [0.29, 0.717) is 0 Å². The van der Waals surface area contributed by atoms with Gasteiger partial charge in [-0.3, -0.25) is 4.79 Å². The second kappa shape index (κ2) is 17.5. The molecule has 2 saturated heterocycles. The molecule has 0 aromatic carbocycles. The Hall–Kier alpha value is -1.59. The van der Waals surface area contributed by atoms with Gasteiger partial charge in [0.25, 0.3) is 5.91 Å². The molecule has 0 spiro atoms. The number of carbonyl (C=O) groups is 1. The van der Waals surface area contributed by atoms with Crippen molar-refractivity contribution in [2.75, 3.05) is 32.8 Å². The molecule has 4 fully saturated rings. The number of aliphatic hydroxyl groups is 8. The average Bonchev–Trinajstić information content (AvgIpc) is 3.64. The minimum absolute atomic E-state index is 0.0151. The second-order valence-corrected chi connectivity index (χ2v) is 14.1. The van der Waals surface area contributed by atoms with Crippen LogP contribution in [-0.2, 0) is 33.2 Å². The number of nitrogens with two attached hydrogens (primary N) is 5. The first-order valence-electron chi connectivity index (χ1n) is 17.3. The molecular weight excluding hydrogens is 698 g/mol. The summed E-state index contributed by atoms with van der Waals surface area (Å²) in [6, 6.07) is -4.98. The molecule has 0 aromatic rings. The SMILES string of the molecule is NC[C@@H]1O[C@H](O[C@H]2[C@@H](O)[C@H](O[C@@H]3[C@@H](O)[C@H](NC(=O)C4(O)CC4N)C[C@H](N)[C@H]3O[C@H]3O[C@H](CNCC(O)CO)C=C[C@H]3N)O[C@@H]2CO)[C@H](N)[C@@H](O)[C@@H]1O. The van der Waals surface area contributed by atoms with Crippen molar-refractivity contribution in [1.82, 2.24) is 10.6 Å². The van der Waals surface area contributed by atoms with E-state index in [0.717, 1.165) is 0 Å². The van der Waals surface area contributed by atoms with Gasteiger partial charge in [0, 0.05) is 38.1 Å². The van der Waals surface area contributed by atoms with Gasteiger partial charge < -0.3 is 109 Å². The van der Waals surface area contributed by atoms with E-state index in [9.17, 15) is 40.5 Å².